The number of aromatic nitrogens is 1. The van der Waals surface area contributed by atoms with Gasteiger partial charge in [0.2, 0.25) is 0 Å². The summed E-state index contributed by atoms with van der Waals surface area (Å²) < 4.78 is 6.27. The summed E-state index contributed by atoms with van der Waals surface area (Å²) in [5, 5.41) is 4.52. The molecule has 1 aromatic heterocycles. The van der Waals surface area contributed by atoms with Crippen molar-refractivity contribution in [3.63, 3.8) is 0 Å². The van der Waals surface area contributed by atoms with E-state index in [0.717, 1.165) is 40.4 Å². The summed E-state index contributed by atoms with van der Waals surface area (Å²) in [4.78, 5) is 15.4. The predicted molar refractivity (Wildman–Crippen MR) is 104 cm³/mol. The Kier molecular flexibility index (Phi) is 5.89. The lowest BCUT2D eigenvalue weighted by atomic mass is 10.1. The molecular weight excluding hydrogens is 380 g/mol. The standard InChI is InChI=1S/C20H21BrN2O2/c1-2-25-20(24)19-17(16-5-3-4-6-18(16)23-19)11-12-22-13-14-7-9-15(21)10-8-14/h3-10,22-23H,2,11-13H2,1H3. The van der Waals surface area contributed by atoms with E-state index in [2.05, 4.69) is 38.4 Å². The third-order valence-corrected chi connectivity index (χ3v) is 4.62. The highest BCUT2D eigenvalue weighted by Gasteiger charge is 2.18. The maximum atomic E-state index is 12.2. The highest BCUT2D eigenvalue weighted by Crippen LogP contribution is 2.23. The molecule has 0 aliphatic heterocycles. The molecule has 0 radical (unpaired) electrons. The number of halogens is 1. The van der Waals surface area contributed by atoms with Crippen LogP contribution in [0.15, 0.2) is 53.0 Å². The van der Waals surface area contributed by atoms with Crippen LogP contribution >= 0.6 is 15.9 Å². The largest absolute Gasteiger partial charge is 0.461 e. The van der Waals surface area contributed by atoms with E-state index in [1.54, 1.807) is 0 Å². The van der Waals surface area contributed by atoms with Gasteiger partial charge in [0, 0.05) is 21.9 Å². The van der Waals surface area contributed by atoms with Gasteiger partial charge in [-0.05, 0) is 49.2 Å². The molecule has 0 saturated carbocycles. The zero-order valence-electron chi connectivity index (χ0n) is 14.1. The van der Waals surface area contributed by atoms with Crippen LogP contribution in [0.25, 0.3) is 10.9 Å². The fourth-order valence-corrected chi connectivity index (χ4v) is 3.15. The Morgan fingerprint density at radius 1 is 1.16 bits per heavy atom. The van der Waals surface area contributed by atoms with Crippen molar-refractivity contribution in [1.29, 1.82) is 0 Å². The molecule has 25 heavy (non-hydrogen) atoms. The molecule has 0 atom stereocenters. The predicted octanol–water partition coefficient (Wildman–Crippen LogP) is 4.44. The Hall–Kier alpha value is -2.11. The molecule has 0 unspecified atom stereocenters. The molecule has 2 aromatic carbocycles. The van der Waals surface area contributed by atoms with Gasteiger partial charge in [0.25, 0.3) is 0 Å². The third-order valence-electron chi connectivity index (χ3n) is 4.09. The van der Waals surface area contributed by atoms with Crippen molar-refractivity contribution in [1.82, 2.24) is 10.3 Å². The van der Waals surface area contributed by atoms with Crippen molar-refractivity contribution in [2.45, 2.75) is 19.9 Å². The van der Waals surface area contributed by atoms with Gasteiger partial charge in [-0.2, -0.15) is 0 Å². The van der Waals surface area contributed by atoms with Crippen molar-refractivity contribution in [3.05, 3.63) is 69.8 Å². The van der Waals surface area contributed by atoms with Crippen molar-refractivity contribution >= 4 is 32.8 Å². The minimum atomic E-state index is -0.290. The number of benzene rings is 2. The molecule has 5 heteroatoms. The van der Waals surface area contributed by atoms with Gasteiger partial charge < -0.3 is 15.0 Å². The molecule has 0 aliphatic carbocycles. The Morgan fingerprint density at radius 3 is 2.68 bits per heavy atom. The van der Waals surface area contributed by atoms with E-state index in [0.29, 0.717) is 12.3 Å². The van der Waals surface area contributed by atoms with Gasteiger partial charge in [0.15, 0.2) is 0 Å². The van der Waals surface area contributed by atoms with Crippen LogP contribution in [-0.2, 0) is 17.7 Å². The third kappa shape index (κ3) is 4.30. The highest BCUT2D eigenvalue weighted by molar-refractivity contribution is 9.10. The molecule has 0 aliphatic rings. The Balaban J connectivity index is 1.70. The monoisotopic (exact) mass is 400 g/mol. The van der Waals surface area contributed by atoms with Crippen LogP contribution in [0.1, 0.15) is 28.5 Å². The quantitative estimate of drug-likeness (QED) is 0.455. The zero-order chi connectivity index (χ0) is 17.6. The van der Waals surface area contributed by atoms with Crippen LogP contribution in [-0.4, -0.2) is 24.1 Å². The minimum Gasteiger partial charge on any atom is -0.461 e. The number of fused-ring (bicyclic) bond motifs is 1. The number of nitrogens with one attached hydrogen (secondary N) is 2. The molecule has 1 heterocycles. The smallest absolute Gasteiger partial charge is 0.355 e. The molecule has 3 aromatic rings. The molecule has 0 spiro atoms. The first-order valence-electron chi connectivity index (χ1n) is 8.41. The average Bonchev–Trinajstić information content (AvgIpc) is 2.99. The van der Waals surface area contributed by atoms with E-state index < -0.39 is 0 Å². The average molecular weight is 401 g/mol. The second kappa shape index (κ2) is 8.32. The maximum Gasteiger partial charge on any atom is 0.355 e. The van der Waals surface area contributed by atoms with Crippen molar-refractivity contribution < 1.29 is 9.53 Å². The molecule has 3 rings (SSSR count). The molecule has 0 bridgehead atoms. The summed E-state index contributed by atoms with van der Waals surface area (Å²) in [7, 11) is 0. The number of hydrogen-bond donors (Lipinski definition) is 2. The summed E-state index contributed by atoms with van der Waals surface area (Å²) in [6.07, 6.45) is 0.759. The highest BCUT2D eigenvalue weighted by atomic mass is 79.9. The molecule has 0 amide bonds. The topological polar surface area (TPSA) is 54.1 Å². The van der Waals surface area contributed by atoms with Crippen molar-refractivity contribution in [2.24, 2.45) is 0 Å². The number of esters is 1. The molecular formula is C20H21BrN2O2. The first-order valence-corrected chi connectivity index (χ1v) is 9.20. The first kappa shape index (κ1) is 17.7. The minimum absolute atomic E-state index is 0.290. The Morgan fingerprint density at radius 2 is 1.92 bits per heavy atom. The number of H-pyrrole nitrogens is 1. The molecule has 2 N–H and O–H groups in total. The molecule has 0 fully saturated rings. The summed E-state index contributed by atoms with van der Waals surface area (Å²) in [5.74, 6) is -0.290. The second-order valence-electron chi connectivity index (χ2n) is 5.80. The summed E-state index contributed by atoms with van der Waals surface area (Å²) >= 11 is 3.44. The second-order valence-corrected chi connectivity index (χ2v) is 6.71. The summed E-state index contributed by atoms with van der Waals surface area (Å²) in [6, 6.07) is 16.2. The summed E-state index contributed by atoms with van der Waals surface area (Å²) in [6.45, 7) is 3.77. The SMILES string of the molecule is CCOC(=O)c1[nH]c2ccccc2c1CCNCc1ccc(Br)cc1. The van der Waals surface area contributed by atoms with E-state index >= 15 is 0 Å². The number of ether oxygens (including phenoxy) is 1. The number of para-hydroxylation sites is 1. The van der Waals surface area contributed by atoms with Gasteiger partial charge in [0.05, 0.1) is 6.61 Å². The lowest BCUT2D eigenvalue weighted by Gasteiger charge is -2.07. The Labute approximate surface area is 155 Å². The molecule has 130 valence electrons. The number of rotatable bonds is 7. The van der Waals surface area contributed by atoms with E-state index in [-0.39, 0.29) is 5.97 Å². The van der Waals surface area contributed by atoms with Crippen LogP contribution in [0.4, 0.5) is 0 Å². The number of carbonyl (C=O) groups excluding carboxylic acids is 1. The number of aromatic amines is 1. The van der Waals surface area contributed by atoms with Gasteiger partial charge in [-0.3, -0.25) is 0 Å². The van der Waals surface area contributed by atoms with Gasteiger partial charge in [-0.1, -0.05) is 46.3 Å². The normalized spacial score (nSPS) is 11.0. The first-order chi connectivity index (χ1) is 12.2. The lowest BCUT2D eigenvalue weighted by Crippen LogP contribution is -2.18. The molecule has 4 nitrogen and oxygen atoms in total. The number of hydrogen-bond acceptors (Lipinski definition) is 3. The fourth-order valence-electron chi connectivity index (χ4n) is 2.89. The molecule has 0 saturated heterocycles. The maximum absolute atomic E-state index is 12.2. The lowest BCUT2D eigenvalue weighted by molar-refractivity contribution is 0.0519. The Bertz CT molecular complexity index is 856. The van der Waals surface area contributed by atoms with Crippen LogP contribution in [0.3, 0.4) is 0 Å². The van der Waals surface area contributed by atoms with Crippen molar-refractivity contribution in [3.8, 4) is 0 Å². The van der Waals surface area contributed by atoms with E-state index in [4.69, 9.17) is 4.74 Å². The van der Waals surface area contributed by atoms with Crippen LogP contribution in [0, 0.1) is 0 Å². The van der Waals surface area contributed by atoms with Gasteiger partial charge in [0.1, 0.15) is 5.69 Å². The van der Waals surface area contributed by atoms with E-state index in [1.165, 1.54) is 5.56 Å². The van der Waals surface area contributed by atoms with Gasteiger partial charge in [-0.15, -0.1) is 0 Å². The van der Waals surface area contributed by atoms with Crippen LogP contribution < -0.4 is 5.32 Å². The van der Waals surface area contributed by atoms with Gasteiger partial charge in [-0.25, -0.2) is 4.79 Å². The fraction of sp³-hybridized carbons (Fsp3) is 0.250. The van der Waals surface area contributed by atoms with Crippen LogP contribution in [0.5, 0.6) is 0 Å². The van der Waals surface area contributed by atoms with E-state index in [9.17, 15) is 4.79 Å². The van der Waals surface area contributed by atoms with Gasteiger partial charge >= 0.3 is 5.97 Å². The number of carbonyl (C=O) groups is 1. The van der Waals surface area contributed by atoms with E-state index in [1.807, 2.05) is 43.3 Å². The zero-order valence-corrected chi connectivity index (χ0v) is 15.7. The van der Waals surface area contributed by atoms with Crippen molar-refractivity contribution in [2.75, 3.05) is 13.2 Å². The summed E-state index contributed by atoms with van der Waals surface area (Å²) in [5.41, 5.74) is 3.77. The van der Waals surface area contributed by atoms with Crippen LogP contribution in [0.2, 0.25) is 0 Å².